The Morgan fingerprint density at radius 2 is 1.88 bits per heavy atom. The Balaban J connectivity index is 1.50. The Hall–Kier alpha value is -2.70. The standard InChI is InChI=1S/C17H19FN4O2/c1-13-6-7-16(20-19-13)21-8-10-22(11-9-21)17(23)12-24-15-5-3-2-4-14(15)18/h2-7H,8-12H2,1H3. The summed E-state index contributed by atoms with van der Waals surface area (Å²) in [6, 6.07) is 9.92. The van der Waals surface area contributed by atoms with Crippen molar-refractivity contribution < 1.29 is 13.9 Å². The van der Waals surface area contributed by atoms with Crippen LogP contribution in [0.4, 0.5) is 10.2 Å². The number of aromatic nitrogens is 2. The molecular weight excluding hydrogens is 311 g/mol. The number of rotatable bonds is 4. The van der Waals surface area contributed by atoms with Gasteiger partial charge in [0.1, 0.15) is 0 Å². The number of aryl methyl sites for hydroxylation is 1. The molecule has 6 nitrogen and oxygen atoms in total. The summed E-state index contributed by atoms with van der Waals surface area (Å²) in [5, 5.41) is 8.22. The molecule has 0 N–H and O–H groups in total. The maximum atomic E-state index is 13.5. The lowest BCUT2D eigenvalue weighted by Crippen LogP contribution is -2.50. The van der Waals surface area contributed by atoms with Crippen LogP contribution in [0.1, 0.15) is 5.69 Å². The minimum atomic E-state index is -0.465. The molecule has 0 radical (unpaired) electrons. The minimum absolute atomic E-state index is 0.0967. The predicted molar refractivity (Wildman–Crippen MR) is 87.5 cm³/mol. The fraction of sp³-hybridized carbons (Fsp3) is 0.353. The van der Waals surface area contributed by atoms with E-state index in [0.717, 1.165) is 11.5 Å². The molecule has 0 unspecified atom stereocenters. The number of hydrogen-bond donors (Lipinski definition) is 0. The highest BCUT2D eigenvalue weighted by Gasteiger charge is 2.22. The fourth-order valence-corrected chi connectivity index (χ4v) is 2.54. The third-order valence-corrected chi connectivity index (χ3v) is 3.93. The molecule has 0 atom stereocenters. The summed E-state index contributed by atoms with van der Waals surface area (Å²) in [5.74, 6) is 0.302. The first kappa shape index (κ1) is 16.2. The van der Waals surface area contributed by atoms with Crippen LogP contribution in [0.3, 0.4) is 0 Å². The maximum Gasteiger partial charge on any atom is 0.260 e. The van der Waals surface area contributed by atoms with Gasteiger partial charge in [0.2, 0.25) is 0 Å². The maximum absolute atomic E-state index is 13.5. The van der Waals surface area contributed by atoms with Gasteiger partial charge in [-0.05, 0) is 31.2 Å². The van der Waals surface area contributed by atoms with E-state index in [9.17, 15) is 9.18 Å². The van der Waals surface area contributed by atoms with Crippen molar-refractivity contribution in [3.8, 4) is 5.75 Å². The second-order valence-electron chi connectivity index (χ2n) is 5.62. The van der Waals surface area contributed by atoms with Gasteiger partial charge in [-0.25, -0.2) is 4.39 Å². The molecule has 1 amide bonds. The van der Waals surface area contributed by atoms with Gasteiger partial charge < -0.3 is 14.5 Å². The van der Waals surface area contributed by atoms with Crippen LogP contribution in [0.5, 0.6) is 5.75 Å². The van der Waals surface area contributed by atoms with Crippen molar-refractivity contribution in [3.05, 3.63) is 47.9 Å². The molecule has 1 aromatic carbocycles. The van der Waals surface area contributed by atoms with Gasteiger partial charge in [0.15, 0.2) is 24.0 Å². The van der Waals surface area contributed by atoms with Crippen molar-refractivity contribution in [2.45, 2.75) is 6.92 Å². The zero-order valence-electron chi connectivity index (χ0n) is 13.5. The molecule has 0 aliphatic carbocycles. The summed E-state index contributed by atoms with van der Waals surface area (Å²) in [6.07, 6.45) is 0. The largest absolute Gasteiger partial charge is 0.481 e. The molecule has 2 aromatic rings. The number of ether oxygens (including phenoxy) is 1. The van der Waals surface area contributed by atoms with Crippen LogP contribution >= 0.6 is 0 Å². The van der Waals surface area contributed by atoms with E-state index in [1.54, 1.807) is 17.0 Å². The van der Waals surface area contributed by atoms with Crippen LogP contribution in [0, 0.1) is 12.7 Å². The average molecular weight is 330 g/mol. The molecule has 1 aromatic heterocycles. The Morgan fingerprint density at radius 1 is 1.12 bits per heavy atom. The molecule has 1 saturated heterocycles. The van der Waals surface area contributed by atoms with E-state index in [4.69, 9.17) is 4.74 Å². The molecule has 0 bridgehead atoms. The number of anilines is 1. The van der Waals surface area contributed by atoms with Gasteiger partial charge in [0.25, 0.3) is 5.91 Å². The minimum Gasteiger partial charge on any atom is -0.481 e. The topological polar surface area (TPSA) is 58.6 Å². The van der Waals surface area contributed by atoms with Crippen LogP contribution < -0.4 is 9.64 Å². The molecule has 126 valence electrons. The quantitative estimate of drug-likeness (QED) is 0.853. The van der Waals surface area contributed by atoms with Gasteiger partial charge in [-0.15, -0.1) is 5.10 Å². The van der Waals surface area contributed by atoms with E-state index >= 15 is 0 Å². The van der Waals surface area contributed by atoms with E-state index in [-0.39, 0.29) is 18.3 Å². The molecule has 2 heterocycles. The first-order valence-corrected chi connectivity index (χ1v) is 7.84. The van der Waals surface area contributed by atoms with E-state index in [1.807, 2.05) is 19.1 Å². The summed E-state index contributed by atoms with van der Waals surface area (Å²) in [4.78, 5) is 16.0. The van der Waals surface area contributed by atoms with Crippen LogP contribution in [0.15, 0.2) is 36.4 Å². The second-order valence-corrected chi connectivity index (χ2v) is 5.62. The molecule has 7 heteroatoms. The summed E-state index contributed by atoms with van der Waals surface area (Å²) >= 11 is 0. The van der Waals surface area contributed by atoms with Gasteiger partial charge in [-0.1, -0.05) is 12.1 Å². The van der Waals surface area contributed by atoms with E-state index in [2.05, 4.69) is 15.1 Å². The first-order chi connectivity index (χ1) is 11.6. The van der Waals surface area contributed by atoms with Gasteiger partial charge in [0, 0.05) is 26.2 Å². The number of halogens is 1. The van der Waals surface area contributed by atoms with Gasteiger partial charge in [0.05, 0.1) is 5.69 Å². The number of nitrogens with zero attached hydrogens (tertiary/aromatic N) is 4. The number of para-hydroxylation sites is 1. The molecule has 0 spiro atoms. The highest BCUT2D eigenvalue weighted by molar-refractivity contribution is 5.78. The first-order valence-electron chi connectivity index (χ1n) is 7.84. The van der Waals surface area contributed by atoms with Crippen LogP contribution in [-0.4, -0.2) is 53.8 Å². The number of piperazine rings is 1. The zero-order chi connectivity index (χ0) is 16.9. The lowest BCUT2D eigenvalue weighted by molar-refractivity contribution is -0.133. The summed E-state index contributed by atoms with van der Waals surface area (Å²) in [6.45, 7) is 4.25. The van der Waals surface area contributed by atoms with Crippen LogP contribution in [0.2, 0.25) is 0 Å². The Labute approximate surface area is 139 Å². The highest BCUT2D eigenvalue weighted by Crippen LogP contribution is 2.16. The van der Waals surface area contributed by atoms with Crippen LogP contribution in [0.25, 0.3) is 0 Å². The van der Waals surface area contributed by atoms with Crippen molar-refractivity contribution in [1.82, 2.24) is 15.1 Å². The highest BCUT2D eigenvalue weighted by atomic mass is 19.1. The normalized spacial score (nSPS) is 14.6. The smallest absolute Gasteiger partial charge is 0.260 e. The van der Waals surface area contributed by atoms with E-state index < -0.39 is 5.82 Å². The van der Waals surface area contributed by atoms with Crippen LogP contribution in [-0.2, 0) is 4.79 Å². The predicted octanol–water partition coefficient (Wildman–Crippen LogP) is 1.65. The van der Waals surface area contributed by atoms with Gasteiger partial charge in [-0.2, -0.15) is 5.10 Å². The van der Waals surface area contributed by atoms with Crippen molar-refractivity contribution in [2.24, 2.45) is 0 Å². The molecule has 0 saturated carbocycles. The molecule has 24 heavy (non-hydrogen) atoms. The SMILES string of the molecule is Cc1ccc(N2CCN(C(=O)COc3ccccc3F)CC2)nn1. The average Bonchev–Trinajstić information content (AvgIpc) is 2.62. The molecule has 1 aliphatic heterocycles. The number of benzene rings is 1. The monoisotopic (exact) mass is 330 g/mol. The molecule has 1 fully saturated rings. The Kier molecular flexibility index (Phi) is 4.88. The summed E-state index contributed by atoms with van der Waals surface area (Å²) in [5.41, 5.74) is 0.873. The number of hydrogen-bond acceptors (Lipinski definition) is 5. The van der Waals surface area contributed by atoms with Crippen molar-refractivity contribution >= 4 is 11.7 Å². The number of carbonyl (C=O) groups excluding carboxylic acids is 1. The van der Waals surface area contributed by atoms with Crippen molar-refractivity contribution in [1.29, 1.82) is 0 Å². The third kappa shape index (κ3) is 3.79. The Bertz CT molecular complexity index is 700. The number of amides is 1. The number of carbonyl (C=O) groups is 1. The van der Waals surface area contributed by atoms with E-state index in [1.165, 1.54) is 12.1 Å². The van der Waals surface area contributed by atoms with Crippen molar-refractivity contribution in [3.63, 3.8) is 0 Å². The zero-order valence-corrected chi connectivity index (χ0v) is 13.5. The third-order valence-electron chi connectivity index (χ3n) is 3.93. The summed E-state index contributed by atoms with van der Waals surface area (Å²) in [7, 11) is 0. The molecule has 3 rings (SSSR count). The fourth-order valence-electron chi connectivity index (χ4n) is 2.54. The second kappa shape index (κ2) is 7.25. The lowest BCUT2D eigenvalue weighted by Gasteiger charge is -2.35. The van der Waals surface area contributed by atoms with Gasteiger partial charge >= 0.3 is 0 Å². The summed E-state index contributed by atoms with van der Waals surface area (Å²) < 4.78 is 18.8. The lowest BCUT2D eigenvalue weighted by atomic mass is 10.3. The Morgan fingerprint density at radius 3 is 2.54 bits per heavy atom. The van der Waals surface area contributed by atoms with Gasteiger partial charge in [-0.3, -0.25) is 4.79 Å². The molecule has 1 aliphatic rings. The van der Waals surface area contributed by atoms with E-state index in [0.29, 0.717) is 26.2 Å². The molecular formula is C17H19FN4O2. The van der Waals surface area contributed by atoms with Crippen molar-refractivity contribution in [2.75, 3.05) is 37.7 Å².